The summed E-state index contributed by atoms with van der Waals surface area (Å²) in [7, 11) is 3.91. The van der Waals surface area contributed by atoms with Crippen molar-refractivity contribution in [2.75, 3.05) is 35.8 Å². The van der Waals surface area contributed by atoms with Crippen LogP contribution in [0.4, 0.5) is 11.8 Å². The summed E-state index contributed by atoms with van der Waals surface area (Å²) in [5.74, 6) is 4.21. The molecular weight excluding hydrogens is 220 g/mol. The largest absolute Gasteiger partial charge is 0.367 e. The van der Waals surface area contributed by atoms with Gasteiger partial charge in [-0.25, -0.2) is 4.98 Å². The van der Waals surface area contributed by atoms with Crippen LogP contribution in [-0.4, -0.2) is 41.6 Å². The fraction of sp³-hybridized carbons (Fsp3) is 0.636. The van der Waals surface area contributed by atoms with E-state index in [1.54, 1.807) is 0 Å². The van der Waals surface area contributed by atoms with Gasteiger partial charge in [-0.3, -0.25) is 0 Å². The van der Waals surface area contributed by atoms with Crippen molar-refractivity contribution in [1.29, 1.82) is 0 Å². The number of hydrogen-bond acceptors (Lipinski definition) is 5. The Morgan fingerprint density at radius 3 is 2.81 bits per heavy atom. The third-order valence-corrected chi connectivity index (χ3v) is 3.66. The number of hydrogen-bond donors (Lipinski definition) is 1. The molecule has 88 valence electrons. The van der Waals surface area contributed by atoms with Crippen molar-refractivity contribution in [2.45, 2.75) is 18.9 Å². The van der Waals surface area contributed by atoms with Crippen LogP contribution < -0.4 is 10.2 Å². The van der Waals surface area contributed by atoms with Crippen LogP contribution in [0.1, 0.15) is 12.8 Å². The third kappa shape index (κ3) is 3.01. The predicted octanol–water partition coefficient (Wildman–Crippen LogP) is 1.85. The van der Waals surface area contributed by atoms with Crippen LogP contribution in [-0.2, 0) is 0 Å². The molecule has 4 nitrogen and oxygen atoms in total. The minimum absolute atomic E-state index is 0.575. The molecule has 0 bridgehead atoms. The maximum atomic E-state index is 4.46. The summed E-state index contributed by atoms with van der Waals surface area (Å²) in [6, 6.07) is 2.51. The van der Waals surface area contributed by atoms with Crippen molar-refractivity contribution in [3.63, 3.8) is 0 Å². The summed E-state index contributed by atoms with van der Waals surface area (Å²) in [6.45, 7) is 0. The van der Waals surface area contributed by atoms with Gasteiger partial charge in [0.2, 0.25) is 5.95 Å². The van der Waals surface area contributed by atoms with Gasteiger partial charge in [-0.05, 0) is 30.4 Å². The molecule has 0 unspecified atom stereocenters. The zero-order chi connectivity index (χ0) is 11.4. The summed E-state index contributed by atoms with van der Waals surface area (Å²) < 4.78 is 0. The van der Waals surface area contributed by atoms with E-state index < -0.39 is 0 Å². The predicted molar refractivity (Wildman–Crippen MR) is 70.3 cm³/mol. The Labute approximate surface area is 101 Å². The van der Waals surface area contributed by atoms with Gasteiger partial charge >= 0.3 is 0 Å². The van der Waals surface area contributed by atoms with Gasteiger partial charge in [-0.15, -0.1) is 0 Å². The summed E-state index contributed by atoms with van der Waals surface area (Å²) >= 11 is 2.04. The van der Waals surface area contributed by atoms with E-state index in [2.05, 4.69) is 15.3 Å². The molecule has 2 rings (SSSR count). The smallest absolute Gasteiger partial charge is 0.226 e. The summed E-state index contributed by atoms with van der Waals surface area (Å²) in [6.07, 6.45) is 4.26. The minimum Gasteiger partial charge on any atom is -0.367 e. The molecule has 1 N–H and O–H groups in total. The van der Waals surface area contributed by atoms with E-state index >= 15 is 0 Å². The molecule has 0 atom stereocenters. The minimum atomic E-state index is 0.575. The van der Waals surface area contributed by atoms with Gasteiger partial charge in [0, 0.05) is 26.3 Å². The molecule has 0 amide bonds. The Kier molecular flexibility index (Phi) is 3.88. The van der Waals surface area contributed by atoms with Gasteiger partial charge in [0.05, 0.1) is 0 Å². The van der Waals surface area contributed by atoms with Crippen molar-refractivity contribution >= 4 is 23.5 Å². The zero-order valence-corrected chi connectivity index (χ0v) is 10.6. The highest BCUT2D eigenvalue weighted by Crippen LogP contribution is 2.20. The Balaban J connectivity index is 2.00. The second-order valence-electron chi connectivity index (χ2n) is 4.17. The number of anilines is 2. The van der Waals surface area contributed by atoms with E-state index in [0.717, 1.165) is 11.8 Å². The molecular formula is C11H18N4S. The van der Waals surface area contributed by atoms with Crippen LogP contribution in [0.15, 0.2) is 12.3 Å². The van der Waals surface area contributed by atoms with Gasteiger partial charge in [0.15, 0.2) is 0 Å². The standard InChI is InChI=1S/C11H18N4S/c1-15(2)11-12-6-3-10(14-11)13-9-4-7-16-8-5-9/h3,6,9H,4-5,7-8H2,1-2H3,(H,12,13,14). The molecule has 1 aliphatic heterocycles. The molecule has 0 spiro atoms. The van der Waals surface area contributed by atoms with Crippen LogP contribution >= 0.6 is 11.8 Å². The average molecular weight is 238 g/mol. The van der Waals surface area contributed by atoms with E-state index in [4.69, 9.17) is 0 Å². The van der Waals surface area contributed by atoms with E-state index in [1.165, 1.54) is 24.3 Å². The maximum Gasteiger partial charge on any atom is 0.226 e. The molecule has 0 saturated carbocycles. The average Bonchev–Trinajstić information content (AvgIpc) is 2.30. The van der Waals surface area contributed by atoms with E-state index in [0.29, 0.717) is 6.04 Å². The first-order valence-electron chi connectivity index (χ1n) is 5.60. The first kappa shape index (κ1) is 11.5. The van der Waals surface area contributed by atoms with Crippen molar-refractivity contribution in [3.8, 4) is 0 Å². The van der Waals surface area contributed by atoms with Crippen LogP contribution in [0.5, 0.6) is 0 Å². The van der Waals surface area contributed by atoms with Crippen molar-refractivity contribution in [3.05, 3.63) is 12.3 Å². The molecule has 16 heavy (non-hydrogen) atoms. The van der Waals surface area contributed by atoms with Crippen LogP contribution in [0.2, 0.25) is 0 Å². The lowest BCUT2D eigenvalue weighted by Gasteiger charge is -2.23. The molecule has 1 aromatic heterocycles. The highest BCUT2D eigenvalue weighted by atomic mass is 32.2. The lowest BCUT2D eigenvalue weighted by atomic mass is 10.1. The highest BCUT2D eigenvalue weighted by Gasteiger charge is 2.13. The number of rotatable bonds is 3. The lowest BCUT2D eigenvalue weighted by molar-refractivity contribution is 0.663. The molecule has 1 aliphatic rings. The lowest BCUT2D eigenvalue weighted by Crippen LogP contribution is -2.25. The molecule has 0 aliphatic carbocycles. The normalized spacial score (nSPS) is 17.1. The highest BCUT2D eigenvalue weighted by molar-refractivity contribution is 7.99. The van der Waals surface area contributed by atoms with E-state index in [9.17, 15) is 0 Å². The quantitative estimate of drug-likeness (QED) is 0.870. The summed E-state index contributed by atoms with van der Waals surface area (Å²) in [5.41, 5.74) is 0. The molecule has 0 aromatic carbocycles. The Morgan fingerprint density at radius 2 is 2.12 bits per heavy atom. The van der Waals surface area contributed by atoms with Crippen LogP contribution in [0.25, 0.3) is 0 Å². The van der Waals surface area contributed by atoms with E-state index in [-0.39, 0.29) is 0 Å². The first-order valence-corrected chi connectivity index (χ1v) is 6.76. The number of aromatic nitrogens is 2. The van der Waals surface area contributed by atoms with E-state index in [1.807, 2.05) is 43.0 Å². The van der Waals surface area contributed by atoms with Crippen molar-refractivity contribution in [1.82, 2.24) is 9.97 Å². The van der Waals surface area contributed by atoms with Gasteiger partial charge in [-0.2, -0.15) is 16.7 Å². The second-order valence-corrected chi connectivity index (χ2v) is 5.39. The number of nitrogens with zero attached hydrogens (tertiary/aromatic N) is 3. The van der Waals surface area contributed by atoms with Crippen molar-refractivity contribution < 1.29 is 0 Å². The van der Waals surface area contributed by atoms with Gasteiger partial charge in [-0.1, -0.05) is 0 Å². The number of thioether (sulfide) groups is 1. The van der Waals surface area contributed by atoms with Gasteiger partial charge < -0.3 is 10.2 Å². The molecule has 1 aromatic rings. The summed E-state index contributed by atoms with van der Waals surface area (Å²) in [4.78, 5) is 10.6. The molecule has 5 heteroatoms. The second kappa shape index (κ2) is 5.39. The Hall–Kier alpha value is -0.970. The SMILES string of the molecule is CN(C)c1nccc(NC2CCSCC2)n1. The molecule has 1 fully saturated rings. The maximum absolute atomic E-state index is 4.46. The van der Waals surface area contributed by atoms with Crippen LogP contribution in [0.3, 0.4) is 0 Å². The van der Waals surface area contributed by atoms with Crippen LogP contribution in [0, 0.1) is 0 Å². The fourth-order valence-electron chi connectivity index (χ4n) is 1.70. The molecule has 0 radical (unpaired) electrons. The Morgan fingerprint density at radius 1 is 1.38 bits per heavy atom. The van der Waals surface area contributed by atoms with Gasteiger partial charge in [0.25, 0.3) is 0 Å². The zero-order valence-electron chi connectivity index (χ0n) is 9.81. The summed E-state index contributed by atoms with van der Waals surface area (Å²) in [5, 5.41) is 3.48. The van der Waals surface area contributed by atoms with Crippen molar-refractivity contribution in [2.24, 2.45) is 0 Å². The molecule has 1 saturated heterocycles. The number of nitrogens with one attached hydrogen (secondary N) is 1. The topological polar surface area (TPSA) is 41.1 Å². The molecule has 2 heterocycles. The first-order chi connectivity index (χ1) is 7.75. The third-order valence-electron chi connectivity index (χ3n) is 2.62. The Bertz CT molecular complexity index is 337. The van der Waals surface area contributed by atoms with Gasteiger partial charge in [0.1, 0.15) is 5.82 Å². The monoisotopic (exact) mass is 238 g/mol. The fourth-order valence-corrected chi connectivity index (χ4v) is 2.80.